The third-order valence-electron chi connectivity index (χ3n) is 4.13. The molecule has 2 rings (SSSR count). The van der Waals surface area contributed by atoms with Gasteiger partial charge in [-0.2, -0.15) is 0 Å². The van der Waals surface area contributed by atoms with Crippen LogP contribution in [0.25, 0.3) is 0 Å². The van der Waals surface area contributed by atoms with Crippen LogP contribution in [0, 0.1) is 5.92 Å². The zero-order valence-electron chi connectivity index (χ0n) is 11.1. The van der Waals surface area contributed by atoms with E-state index in [1.807, 2.05) is 0 Å². The number of likely N-dealkylation sites (tertiary alicyclic amines) is 1. The van der Waals surface area contributed by atoms with E-state index < -0.39 is 0 Å². The maximum atomic E-state index is 12.0. The molecule has 17 heavy (non-hydrogen) atoms. The number of nitrogens with one attached hydrogen (secondary N) is 1. The maximum Gasteiger partial charge on any atom is 0.223 e. The van der Waals surface area contributed by atoms with Crippen molar-refractivity contribution in [3.63, 3.8) is 0 Å². The maximum absolute atomic E-state index is 12.0. The van der Waals surface area contributed by atoms with Gasteiger partial charge in [-0.3, -0.25) is 4.79 Å². The van der Waals surface area contributed by atoms with Gasteiger partial charge in [0.05, 0.1) is 0 Å². The van der Waals surface area contributed by atoms with Gasteiger partial charge in [-0.15, -0.1) is 0 Å². The lowest BCUT2D eigenvalue weighted by Crippen LogP contribution is -2.34. The highest BCUT2D eigenvalue weighted by atomic mass is 16.2. The molecule has 0 bridgehead atoms. The molecule has 1 heterocycles. The number of rotatable bonds is 5. The summed E-state index contributed by atoms with van der Waals surface area (Å²) in [6, 6.07) is 0.719. The summed E-state index contributed by atoms with van der Waals surface area (Å²) in [4.78, 5) is 14.1. The topological polar surface area (TPSA) is 32.3 Å². The Morgan fingerprint density at radius 2 is 2.06 bits per heavy atom. The summed E-state index contributed by atoms with van der Waals surface area (Å²) in [5.41, 5.74) is 0. The van der Waals surface area contributed by atoms with Crippen LogP contribution < -0.4 is 5.32 Å². The molecule has 1 saturated heterocycles. The molecular weight excluding hydrogens is 212 g/mol. The van der Waals surface area contributed by atoms with E-state index in [1.54, 1.807) is 0 Å². The Kier molecular flexibility index (Phi) is 4.84. The molecule has 0 aromatic heterocycles. The molecule has 1 saturated carbocycles. The lowest BCUT2D eigenvalue weighted by atomic mass is 9.98. The van der Waals surface area contributed by atoms with E-state index in [-0.39, 0.29) is 0 Å². The molecule has 1 unspecified atom stereocenters. The minimum absolute atomic E-state index is 0.356. The van der Waals surface area contributed by atoms with Crippen molar-refractivity contribution in [3.8, 4) is 0 Å². The first kappa shape index (κ1) is 12.9. The normalized spacial score (nSPS) is 25.7. The van der Waals surface area contributed by atoms with Gasteiger partial charge in [0.15, 0.2) is 0 Å². The zero-order valence-corrected chi connectivity index (χ0v) is 11.1. The second-order valence-electron chi connectivity index (χ2n) is 5.56. The summed E-state index contributed by atoms with van der Waals surface area (Å²) in [6.45, 7) is 5.11. The summed E-state index contributed by atoms with van der Waals surface area (Å²) >= 11 is 0. The van der Waals surface area contributed by atoms with E-state index in [9.17, 15) is 4.79 Å². The lowest BCUT2D eigenvalue weighted by Gasteiger charge is -2.20. The number of carbonyl (C=O) groups excluding carboxylic acids is 1. The molecule has 0 spiro atoms. The van der Waals surface area contributed by atoms with E-state index in [1.165, 1.54) is 38.5 Å². The van der Waals surface area contributed by atoms with Gasteiger partial charge in [0, 0.05) is 32.1 Å². The molecule has 1 amide bonds. The largest absolute Gasteiger partial charge is 0.343 e. The third kappa shape index (κ3) is 4.30. The van der Waals surface area contributed by atoms with Crippen LogP contribution in [0.1, 0.15) is 51.9 Å². The van der Waals surface area contributed by atoms with Crippen LogP contribution in [0.5, 0.6) is 0 Å². The van der Waals surface area contributed by atoms with Crippen molar-refractivity contribution in [2.75, 3.05) is 19.6 Å². The second kappa shape index (κ2) is 6.39. The van der Waals surface area contributed by atoms with Crippen molar-refractivity contribution in [3.05, 3.63) is 0 Å². The highest BCUT2D eigenvalue weighted by Gasteiger charge is 2.22. The smallest absolute Gasteiger partial charge is 0.223 e. The third-order valence-corrected chi connectivity index (χ3v) is 4.13. The first-order chi connectivity index (χ1) is 8.29. The molecule has 1 aliphatic carbocycles. The van der Waals surface area contributed by atoms with Gasteiger partial charge in [0.1, 0.15) is 0 Å². The van der Waals surface area contributed by atoms with Crippen molar-refractivity contribution in [1.82, 2.24) is 10.2 Å². The molecule has 98 valence electrons. The predicted molar refractivity (Wildman–Crippen MR) is 69.9 cm³/mol. The van der Waals surface area contributed by atoms with Gasteiger partial charge in [-0.05, 0) is 38.0 Å². The summed E-state index contributed by atoms with van der Waals surface area (Å²) in [5.74, 6) is 1.20. The van der Waals surface area contributed by atoms with Crippen LogP contribution in [0.15, 0.2) is 0 Å². The molecule has 1 atom stereocenters. The average molecular weight is 238 g/mol. The summed E-state index contributed by atoms with van der Waals surface area (Å²) in [5, 5.41) is 3.41. The fourth-order valence-corrected chi connectivity index (χ4v) is 2.65. The van der Waals surface area contributed by atoms with Crippen molar-refractivity contribution in [1.29, 1.82) is 0 Å². The summed E-state index contributed by atoms with van der Waals surface area (Å²) in [6.07, 6.45) is 8.27. The number of hydrogen-bond donors (Lipinski definition) is 1. The van der Waals surface area contributed by atoms with Crippen molar-refractivity contribution >= 4 is 5.91 Å². The second-order valence-corrected chi connectivity index (χ2v) is 5.56. The minimum atomic E-state index is 0.356. The fraction of sp³-hybridized carbons (Fsp3) is 0.929. The Hall–Kier alpha value is -0.570. The first-order valence-corrected chi connectivity index (χ1v) is 7.30. The summed E-state index contributed by atoms with van der Waals surface area (Å²) in [7, 11) is 0. The Morgan fingerprint density at radius 3 is 2.76 bits per heavy atom. The molecule has 0 radical (unpaired) electrons. The molecule has 1 N–H and O–H groups in total. The van der Waals surface area contributed by atoms with Crippen LogP contribution in [-0.4, -0.2) is 36.5 Å². The number of amides is 1. The average Bonchev–Trinajstić information content (AvgIpc) is 3.14. The Labute approximate surface area is 105 Å². The molecule has 2 aliphatic rings. The van der Waals surface area contributed by atoms with Crippen molar-refractivity contribution < 1.29 is 4.79 Å². The zero-order chi connectivity index (χ0) is 12.1. The van der Waals surface area contributed by atoms with Crippen LogP contribution in [0.3, 0.4) is 0 Å². The SMILES string of the molecule is CCC1CCCN(C(=O)CCNC2CC2)CC1. The number of carbonyl (C=O) groups is 1. The van der Waals surface area contributed by atoms with E-state index in [2.05, 4.69) is 17.1 Å². The fourth-order valence-electron chi connectivity index (χ4n) is 2.65. The van der Waals surface area contributed by atoms with Gasteiger partial charge in [-0.1, -0.05) is 13.3 Å². The minimum Gasteiger partial charge on any atom is -0.343 e. The van der Waals surface area contributed by atoms with Crippen LogP contribution in [0.2, 0.25) is 0 Å². The molecule has 3 nitrogen and oxygen atoms in total. The van der Waals surface area contributed by atoms with E-state index in [4.69, 9.17) is 0 Å². The molecule has 2 fully saturated rings. The quantitative estimate of drug-likeness (QED) is 0.796. The van der Waals surface area contributed by atoms with Crippen molar-refractivity contribution in [2.24, 2.45) is 5.92 Å². The lowest BCUT2D eigenvalue weighted by molar-refractivity contribution is -0.131. The van der Waals surface area contributed by atoms with Gasteiger partial charge < -0.3 is 10.2 Å². The highest BCUT2D eigenvalue weighted by molar-refractivity contribution is 5.76. The predicted octanol–water partition coefficient (Wildman–Crippen LogP) is 2.17. The highest BCUT2D eigenvalue weighted by Crippen LogP contribution is 2.21. The van der Waals surface area contributed by atoms with E-state index in [0.29, 0.717) is 12.3 Å². The monoisotopic (exact) mass is 238 g/mol. The summed E-state index contributed by atoms with van der Waals surface area (Å²) < 4.78 is 0. The molecule has 0 aromatic carbocycles. The molecule has 1 aliphatic heterocycles. The molecule has 0 aromatic rings. The van der Waals surface area contributed by atoms with E-state index in [0.717, 1.165) is 31.6 Å². The van der Waals surface area contributed by atoms with Crippen LogP contribution in [0.4, 0.5) is 0 Å². The Balaban J connectivity index is 1.66. The van der Waals surface area contributed by atoms with Crippen LogP contribution >= 0.6 is 0 Å². The number of hydrogen-bond acceptors (Lipinski definition) is 2. The number of nitrogens with zero attached hydrogens (tertiary/aromatic N) is 1. The van der Waals surface area contributed by atoms with E-state index >= 15 is 0 Å². The van der Waals surface area contributed by atoms with Crippen LogP contribution in [-0.2, 0) is 4.79 Å². The first-order valence-electron chi connectivity index (χ1n) is 7.30. The molecule has 3 heteroatoms. The van der Waals surface area contributed by atoms with Gasteiger partial charge in [0.2, 0.25) is 5.91 Å². The standard InChI is InChI=1S/C14H26N2O/c1-2-12-4-3-10-16(11-8-12)14(17)7-9-15-13-5-6-13/h12-13,15H,2-11H2,1H3. The van der Waals surface area contributed by atoms with Gasteiger partial charge in [0.25, 0.3) is 0 Å². The van der Waals surface area contributed by atoms with Gasteiger partial charge >= 0.3 is 0 Å². The molecular formula is C14H26N2O. The Bertz CT molecular complexity index is 251. The van der Waals surface area contributed by atoms with Gasteiger partial charge in [-0.25, -0.2) is 0 Å². The van der Waals surface area contributed by atoms with Crippen molar-refractivity contribution in [2.45, 2.75) is 57.9 Å². The Morgan fingerprint density at radius 1 is 1.24 bits per heavy atom.